The summed E-state index contributed by atoms with van der Waals surface area (Å²) in [5.74, 6) is -0.565. The molecule has 0 aromatic heterocycles. The molecular weight excluding hydrogens is 234 g/mol. The molecule has 0 radical (unpaired) electrons. The lowest BCUT2D eigenvalue weighted by atomic mass is 9.79. The highest BCUT2D eigenvalue weighted by Crippen LogP contribution is 2.12. The van der Waals surface area contributed by atoms with Crippen molar-refractivity contribution < 1.29 is 19.2 Å². The van der Waals surface area contributed by atoms with Crippen LogP contribution in [0.2, 0.25) is 0 Å². The van der Waals surface area contributed by atoms with Crippen LogP contribution in [-0.2, 0) is 6.61 Å². The van der Waals surface area contributed by atoms with Crippen molar-refractivity contribution in [3.8, 4) is 5.75 Å². The number of hydrogen-bond acceptors (Lipinski definition) is 3. The van der Waals surface area contributed by atoms with E-state index in [4.69, 9.17) is 14.8 Å². The minimum atomic E-state index is -1.89. The summed E-state index contributed by atoms with van der Waals surface area (Å²) >= 11 is 0. The van der Waals surface area contributed by atoms with Gasteiger partial charge >= 0.3 is 7.12 Å². The summed E-state index contributed by atoms with van der Waals surface area (Å²) in [4.78, 5) is 0. The number of hydrogen-bond donors (Lipinski definition) is 2. The average Bonchev–Trinajstić information content (AvgIpc) is 2.37. The predicted molar refractivity (Wildman–Crippen MR) is 67.0 cm³/mol. The number of ether oxygens (including phenoxy) is 1. The van der Waals surface area contributed by atoms with Gasteiger partial charge in [0, 0.05) is 0 Å². The van der Waals surface area contributed by atoms with E-state index in [0.717, 1.165) is 11.6 Å². The molecule has 0 aliphatic heterocycles. The summed E-state index contributed by atoms with van der Waals surface area (Å²) in [6.45, 7) is 0.240. The highest BCUT2D eigenvalue weighted by atomic mass is 19.1. The first-order valence-corrected chi connectivity index (χ1v) is 5.50. The highest BCUT2D eigenvalue weighted by molar-refractivity contribution is 6.59. The van der Waals surface area contributed by atoms with Crippen molar-refractivity contribution in [2.45, 2.75) is 6.61 Å². The van der Waals surface area contributed by atoms with Gasteiger partial charge in [-0.25, -0.2) is 4.39 Å². The van der Waals surface area contributed by atoms with E-state index in [0.29, 0.717) is 0 Å². The summed E-state index contributed by atoms with van der Waals surface area (Å²) in [5.41, 5.74) is 0.675. The van der Waals surface area contributed by atoms with Crippen LogP contribution in [0.1, 0.15) is 5.56 Å². The van der Waals surface area contributed by atoms with Gasteiger partial charge in [-0.15, -0.1) is 0 Å². The van der Waals surface area contributed by atoms with Crippen molar-refractivity contribution in [2.75, 3.05) is 0 Å². The summed E-state index contributed by atoms with van der Waals surface area (Å²) in [5, 5.41) is 18.2. The van der Waals surface area contributed by atoms with Crippen LogP contribution in [0.3, 0.4) is 0 Å². The van der Waals surface area contributed by atoms with E-state index in [-0.39, 0.29) is 17.8 Å². The zero-order valence-corrected chi connectivity index (χ0v) is 9.58. The van der Waals surface area contributed by atoms with Crippen molar-refractivity contribution in [2.24, 2.45) is 0 Å². The average molecular weight is 246 g/mol. The van der Waals surface area contributed by atoms with Gasteiger partial charge in [-0.3, -0.25) is 0 Å². The van der Waals surface area contributed by atoms with Crippen molar-refractivity contribution in [1.82, 2.24) is 0 Å². The van der Waals surface area contributed by atoms with Crippen LogP contribution in [0.4, 0.5) is 4.39 Å². The van der Waals surface area contributed by atoms with E-state index in [1.54, 1.807) is 0 Å². The zero-order chi connectivity index (χ0) is 13.0. The monoisotopic (exact) mass is 246 g/mol. The van der Waals surface area contributed by atoms with Gasteiger partial charge in [-0.2, -0.15) is 0 Å². The molecule has 18 heavy (non-hydrogen) atoms. The molecule has 2 N–H and O–H groups in total. The lowest BCUT2D eigenvalue weighted by Gasteiger charge is -2.11. The van der Waals surface area contributed by atoms with E-state index in [2.05, 4.69) is 0 Å². The Labute approximate surface area is 105 Å². The highest BCUT2D eigenvalue weighted by Gasteiger charge is 2.21. The molecule has 2 rings (SSSR count). The molecule has 0 unspecified atom stereocenters. The van der Waals surface area contributed by atoms with Crippen molar-refractivity contribution in [3.63, 3.8) is 0 Å². The van der Waals surface area contributed by atoms with Crippen LogP contribution >= 0.6 is 0 Å². The van der Waals surface area contributed by atoms with Gasteiger partial charge in [0.2, 0.25) is 0 Å². The smallest absolute Gasteiger partial charge is 0.489 e. The molecular formula is C13H12BFO3. The molecule has 0 aliphatic rings. The van der Waals surface area contributed by atoms with Crippen LogP contribution in [0.15, 0.2) is 48.5 Å². The van der Waals surface area contributed by atoms with E-state index >= 15 is 0 Å². The molecule has 2 aromatic carbocycles. The van der Waals surface area contributed by atoms with Crippen molar-refractivity contribution in [3.05, 3.63) is 59.9 Å². The molecule has 2 aromatic rings. The largest absolute Gasteiger partial charge is 0.495 e. The fourth-order valence-corrected chi connectivity index (χ4v) is 1.63. The SMILES string of the molecule is OB(O)c1c(F)cccc1OCc1ccccc1. The topological polar surface area (TPSA) is 49.7 Å². The third-order valence-corrected chi connectivity index (χ3v) is 2.51. The maximum absolute atomic E-state index is 13.4. The second-order valence-electron chi connectivity index (χ2n) is 3.80. The standard InChI is InChI=1S/C13H12BFO3/c15-11-7-4-8-12(13(11)14(16)17)18-9-10-5-2-1-3-6-10/h1-8,16-17H,9H2. The molecule has 0 spiro atoms. The molecule has 0 saturated carbocycles. The second-order valence-corrected chi connectivity index (χ2v) is 3.80. The van der Waals surface area contributed by atoms with E-state index in [1.165, 1.54) is 12.1 Å². The third-order valence-electron chi connectivity index (χ3n) is 2.51. The first kappa shape index (κ1) is 12.6. The molecule has 92 valence electrons. The minimum absolute atomic E-state index is 0.133. The molecule has 0 saturated heterocycles. The zero-order valence-electron chi connectivity index (χ0n) is 9.58. The summed E-state index contributed by atoms with van der Waals surface area (Å²) in [6, 6.07) is 13.5. The lowest BCUT2D eigenvalue weighted by Crippen LogP contribution is -2.34. The van der Waals surface area contributed by atoms with Gasteiger partial charge in [-0.1, -0.05) is 36.4 Å². The van der Waals surface area contributed by atoms with Crippen LogP contribution in [-0.4, -0.2) is 17.2 Å². The molecule has 0 fully saturated rings. The first-order valence-electron chi connectivity index (χ1n) is 5.50. The van der Waals surface area contributed by atoms with Crippen LogP contribution in [0.25, 0.3) is 0 Å². The van der Waals surface area contributed by atoms with E-state index in [1.807, 2.05) is 30.3 Å². The van der Waals surface area contributed by atoms with Crippen molar-refractivity contribution >= 4 is 12.6 Å². The van der Waals surface area contributed by atoms with Gasteiger partial charge in [0.25, 0.3) is 0 Å². The Morgan fingerprint density at radius 2 is 1.72 bits per heavy atom. The molecule has 0 aliphatic carbocycles. The van der Waals surface area contributed by atoms with Gasteiger partial charge in [-0.05, 0) is 17.7 Å². The Morgan fingerprint density at radius 3 is 2.39 bits per heavy atom. The Balaban J connectivity index is 2.17. The van der Waals surface area contributed by atoms with Gasteiger partial charge in [0.15, 0.2) is 0 Å². The number of rotatable bonds is 4. The Hall–Kier alpha value is -1.85. The molecule has 0 atom stereocenters. The molecule has 5 heteroatoms. The molecule has 0 bridgehead atoms. The van der Waals surface area contributed by atoms with E-state index < -0.39 is 12.9 Å². The van der Waals surface area contributed by atoms with Gasteiger partial charge < -0.3 is 14.8 Å². The quantitative estimate of drug-likeness (QED) is 0.794. The molecule has 0 heterocycles. The number of halogens is 1. The maximum Gasteiger partial charge on any atom is 0.495 e. The summed E-state index contributed by atoms with van der Waals surface area (Å²) in [6.07, 6.45) is 0. The Bertz CT molecular complexity index is 517. The Morgan fingerprint density at radius 1 is 1.00 bits per heavy atom. The van der Waals surface area contributed by atoms with Crippen LogP contribution in [0.5, 0.6) is 5.75 Å². The van der Waals surface area contributed by atoms with E-state index in [9.17, 15) is 4.39 Å². The van der Waals surface area contributed by atoms with Gasteiger partial charge in [0.05, 0.1) is 5.46 Å². The van der Waals surface area contributed by atoms with Crippen LogP contribution < -0.4 is 10.2 Å². The normalized spacial score (nSPS) is 10.2. The fraction of sp³-hybridized carbons (Fsp3) is 0.0769. The van der Waals surface area contributed by atoms with Gasteiger partial charge in [0.1, 0.15) is 18.2 Å². The van der Waals surface area contributed by atoms with Crippen molar-refractivity contribution in [1.29, 1.82) is 0 Å². The fourth-order valence-electron chi connectivity index (χ4n) is 1.63. The number of benzene rings is 2. The maximum atomic E-state index is 13.4. The molecule has 3 nitrogen and oxygen atoms in total. The summed E-state index contributed by atoms with van der Waals surface area (Å²) < 4.78 is 18.8. The second kappa shape index (κ2) is 5.66. The molecule has 0 amide bonds. The third kappa shape index (κ3) is 2.88. The minimum Gasteiger partial charge on any atom is -0.489 e. The predicted octanol–water partition coefficient (Wildman–Crippen LogP) is 1.08. The summed E-state index contributed by atoms with van der Waals surface area (Å²) in [7, 11) is -1.89. The Kier molecular flexibility index (Phi) is 3.97. The van der Waals surface area contributed by atoms with Crippen LogP contribution in [0, 0.1) is 5.82 Å². The first-order chi connectivity index (χ1) is 8.68. The lowest BCUT2D eigenvalue weighted by molar-refractivity contribution is 0.305.